The van der Waals surface area contributed by atoms with Crippen molar-refractivity contribution in [3.8, 4) is 0 Å². The molecule has 2 rings (SSSR count). The molecular formula is C10H13N3O2. The molecule has 5 heteroatoms. The minimum atomic E-state index is -0.393. The van der Waals surface area contributed by atoms with E-state index in [-0.39, 0.29) is 5.69 Å². The Hall–Kier alpha value is -1.91. The highest BCUT2D eigenvalue weighted by atomic mass is 16.6. The van der Waals surface area contributed by atoms with Gasteiger partial charge in [-0.3, -0.25) is 15.2 Å². The van der Waals surface area contributed by atoms with Crippen molar-refractivity contribution in [1.29, 1.82) is 0 Å². The molecule has 0 aliphatic carbocycles. The van der Waals surface area contributed by atoms with Gasteiger partial charge in [-0.15, -0.1) is 0 Å². The number of aromatic nitrogens is 2. The van der Waals surface area contributed by atoms with Crippen LogP contribution >= 0.6 is 0 Å². The van der Waals surface area contributed by atoms with E-state index in [4.69, 9.17) is 0 Å². The third-order valence-electron chi connectivity index (χ3n) is 1.95. The van der Waals surface area contributed by atoms with Gasteiger partial charge in [0.15, 0.2) is 0 Å². The molecule has 0 radical (unpaired) electrons. The van der Waals surface area contributed by atoms with Crippen LogP contribution in [0.3, 0.4) is 0 Å². The van der Waals surface area contributed by atoms with Crippen molar-refractivity contribution in [3.05, 3.63) is 34.0 Å². The SMILES string of the molecule is CC.Cc1cc2cn[nH]c2cc1[N+](=O)[O-]. The van der Waals surface area contributed by atoms with Gasteiger partial charge in [0.25, 0.3) is 5.69 Å². The first-order valence-corrected chi connectivity index (χ1v) is 4.76. The summed E-state index contributed by atoms with van der Waals surface area (Å²) in [5.41, 5.74) is 1.47. The fraction of sp³-hybridized carbons (Fsp3) is 0.300. The summed E-state index contributed by atoms with van der Waals surface area (Å²) in [5, 5.41) is 17.9. The van der Waals surface area contributed by atoms with Crippen LogP contribution in [0, 0.1) is 17.0 Å². The minimum Gasteiger partial charge on any atom is -0.278 e. The molecule has 0 aliphatic rings. The molecule has 0 atom stereocenters. The van der Waals surface area contributed by atoms with Gasteiger partial charge in [-0.1, -0.05) is 13.8 Å². The molecule has 0 saturated heterocycles. The van der Waals surface area contributed by atoms with Crippen LogP contribution in [0.2, 0.25) is 0 Å². The van der Waals surface area contributed by atoms with Gasteiger partial charge >= 0.3 is 0 Å². The average Bonchev–Trinajstić information content (AvgIpc) is 2.66. The van der Waals surface area contributed by atoms with Gasteiger partial charge in [-0.05, 0) is 13.0 Å². The van der Waals surface area contributed by atoms with E-state index in [9.17, 15) is 10.1 Å². The van der Waals surface area contributed by atoms with Crippen LogP contribution in [-0.2, 0) is 0 Å². The number of rotatable bonds is 1. The Balaban J connectivity index is 0.000000531. The number of hydrogen-bond donors (Lipinski definition) is 1. The van der Waals surface area contributed by atoms with Crippen molar-refractivity contribution in [3.63, 3.8) is 0 Å². The van der Waals surface area contributed by atoms with Crippen LogP contribution in [0.4, 0.5) is 5.69 Å². The van der Waals surface area contributed by atoms with E-state index in [2.05, 4.69) is 10.2 Å². The van der Waals surface area contributed by atoms with E-state index in [1.165, 1.54) is 6.07 Å². The van der Waals surface area contributed by atoms with Gasteiger partial charge in [-0.25, -0.2) is 0 Å². The minimum absolute atomic E-state index is 0.122. The molecule has 1 aromatic carbocycles. The fourth-order valence-corrected chi connectivity index (χ4v) is 1.29. The Morgan fingerprint density at radius 2 is 2.07 bits per heavy atom. The molecular weight excluding hydrogens is 194 g/mol. The predicted molar refractivity (Wildman–Crippen MR) is 58.8 cm³/mol. The van der Waals surface area contributed by atoms with E-state index in [0.29, 0.717) is 11.1 Å². The molecule has 15 heavy (non-hydrogen) atoms. The molecule has 0 fully saturated rings. The Morgan fingerprint density at radius 3 is 2.67 bits per heavy atom. The first-order chi connectivity index (χ1) is 7.18. The lowest BCUT2D eigenvalue weighted by molar-refractivity contribution is -0.385. The van der Waals surface area contributed by atoms with Crippen molar-refractivity contribution in [2.75, 3.05) is 0 Å². The lowest BCUT2D eigenvalue weighted by atomic mass is 10.1. The Bertz CT molecular complexity index is 476. The van der Waals surface area contributed by atoms with Gasteiger partial charge in [0.05, 0.1) is 16.6 Å². The molecule has 5 nitrogen and oxygen atoms in total. The monoisotopic (exact) mass is 207 g/mol. The summed E-state index contributed by atoms with van der Waals surface area (Å²) in [5.74, 6) is 0. The molecule has 0 aliphatic heterocycles. The number of aromatic amines is 1. The largest absolute Gasteiger partial charge is 0.278 e. The number of nitro groups is 1. The zero-order chi connectivity index (χ0) is 11.4. The number of aryl methyl sites for hydroxylation is 1. The number of nitrogens with zero attached hydrogens (tertiary/aromatic N) is 2. The number of fused-ring (bicyclic) bond motifs is 1. The standard InChI is InChI=1S/C8H7N3O2.C2H6/c1-5-2-6-4-9-10-7(6)3-8(5)11(12)13;1-2/h2-4H,1H3,(H,9,10);1-2H3. The number of nitrogens with one attached hydrogen (secondary N) is 1. The molecule has 1 heterocycles. The molecule has 0 saturated carbocycles. The summed E-state index contributed by atoms with van der Waals surface area (Å²) in [6, 6.07) is 3.24. The van der Waals surface area contributed by atoms with E-state index in [0.717, 1.165) is 5.39 Å². The maximum Gasteiger partial charge on any atom is 0.274 e. The lowest BCUT2D eigenvalue weighted by Gasteiger charge is -1.95. The van der Waals surface area contributed by atoms with Crippen molar-refractivity contribution in [1.82, 2.24) is 10.2 Å². The zero-order valence-corrected chi connectivity index (χ0v) is 8.94. The molecule has 0 unspecified atom stereocenters. The summed E-state index contributed by atoms with van der Waals surface area (Å²) >= 11 is 0. The first kappa shape index (κ1) is 11.2. The highest BCUT2D eigenvalue weighted by Crippen LogP contribution is 2.23. The van der Waals surface area contributed by atoms with Gasteiger partial charge in [0.1, 0.15) is 0 Å². The highest BCUT2D eigenvalue weighted by Gasteiger charge is 2.11. The van der Waals surface area contributed by atoms with Crippen LogP contribution in [0.1, 0.15) is 19.4 Å². The summed E-state index contributed by atoms with van der Waals surface area (Å²) < 4.78 is 0. The molecule has 80 valence electrons. The third kappa shape index (κ3) is 2.12. The smallest absolute Gasteiger partial charge is 0.274 e. The summed E-state index contributed by atoms with van der Waals surface area (Å²) in [4.78, 5) is 10.2. The second kappa shape index (κ2) is 4.54. The topological polar surface area (TPSA) is 71.8 Å². The van der Waals surface area contributed by atoms with Gasteiger partial charge in [-0.2, -0.15) is 5.10 Å². The van der Waals surface area contributed by atoms with E-state index in [1.54, 1.807) is 19.2 Å². The number of hydrogen-bond acceptors (Lipinski definition) is 3. The molecule has 1 aromatic heterocycles. The van der Waals surface area contributed by atoms with Crippen molar-refractivity contribution >= 4 is 16.6 Å². The van der Waals surface area contributed by atoms with Gasteiger partial charge < -0.3 is 0 Å². The maximum absolute atomic E-state index is 10.6. The highest BCUT2D eigenvalue weighted by molar-refractivity contribution is 5.81. The second-order valence-corrected chi connectivity index (χ2v) is 2.85. The lowest BCUT2D eigenvalue weighted by Crippen LogP contribution is -1.90. The quantitative estimate of drug-likeness (QED) is 0.577. The number of benzene rings is 1. The Kier molecular flexibility index (Phi) is 3.38. The van der Waals surface area contributed by atoms with E-state index < -0.39 is 4.92 Å². The molecule has 0 amide bonds. The molecule has 0 bridgehead atoms. The predicted octanol–water partition coefficient (Wildman–Crippen LogP) is 2.81. The Morgan fingerprint density at radius 1 is 1.40 bits per heavy atom. The van der Waals surface area contributed by atoms with Gasteiger partial charge in [0.2, 0.25) is 0 Å². The van der Waals surface area contributed by atoms with Crippen molar-refractivity contribution in [2.24, 2.45) is 0 Å². The summed E-state index contributed by atoms with van der Waals surface area (Å²) in [7, 11) is 0. The number of H-pyrrole nitrogens is 1. The molecule has 1 N–H and O–H groups in total. The number of nitro benzene ring substituents is 1. The van der Waals surface area contributed by atoms with Gasteiger partial charge in [0, 0.05) is 17.0 Å². The normalized spacial score (nSPS) is 9.53. The average molecular weight is 207 g/mol. The van der Waals surface area contributed by atoms with Crippen LogP contribution < -0.4 is 0 Å². The first-order valence-electron chi connectivity index (χ1n) is 4.76. The van der Waals surface area contributed by atoms with Crippen LogP contribution in [0.5, 0.6) is 0 Å². The van der Waals surface area contributed by atoms with Crippen molar-refractivity contribution < 1.29 is 4.92 Å². The summed E-state index contributed by atoms with van der Waals surface area (Å²) in [6.45, 7) is 5.71. The fourth-order valence-electron chi connectivity index (χ4n) is 1.29. The van der Waals surface area contributed by atoms with E-state index in [1.807, 2.05) is 13.8 Å². The maximum atomic E-state index is 10.6. The Labute approximate surface area is 87.3 Å². The van der Waals surface area contributed by atoms with Crippen LogP contribution in [-0.4, -0.2) is 15.1 Å². The zero-order valence-electron chi connectivity index (χ0n) is 8.94. The second-order valence-electron chi connectivity index (χ2n) is 2.85. The molecule has 2 aromatic rings. The third-order valence-corrected chi connectivity index (χ3v) is 1.95. The van der Waals surface area contributed by atoms with Crippen molar-refractivity contribution in [2.45, 2.75) is 20.8 Å². The van der Waals surface area contributed by atoms with Crippen LogP contribution in [0.15, 0.2) is 18.3 Å². The molecule has 0 spiro atoms. The van der Waals surface area contributed by atoms with E-state index >= 15 is 0 Å². The summed E-state index contributed by atoms with van der Waals surface area (Å²) in [6.07, 6.45) is 1.64. The van der Waals surface area contributed by atoms with Crippen LogP contribution in [0.25, 0.3) is 10.9 Å².